The monoisotopic (exact) mass is 403 g/mol. The number of nitrogens with one attached hydrogen (secondary N) is 2. The number of nitrogens with zero attached hydrogens (tertiary/aromatic N) is 1. The van der Waals surface area contributed by atoms with Crippen LogP contribution in [0.25, 0.3) is 22.0 Å². The molecule has 6 heteroatoms. The van der Waals surface area contributed by atoms with Crippen LogP contribution in [0.3, 0.4) is 0 Å². The molecule has 2 N–H and O–H groups in total. The first-order valence-electron chi connectivity index (χ1n) is 9.26. The van der Waals surface area contributed by atoms with Gasteiger partial charge in [0.05, 0.1) is 12.8 Å². The Hall–Kier alpha value is -3.38. The number of hydrogen-bond donors (Lipinski definition) is 2. The lowest BCUT2D eigenvalue weighted by Crippen LogP contribution is -2.28. The van der Waals surface area contributed by atoms with Crippen LogP contribution >= 0.6 is 11.3 Å². The molecule has 5 nitrogen and oxygen atoms in total. The van der Waals surface area contributed by atoms with Crippen molar-refractivity contribution >= 4 is 33.3 Å². The number of hydrogen-bond acceptors (Lipinski definition) is 4. The van der Waals surface area contributed by atoms with Gasteiger partial charge in [-0.2, -0.15) is 0 Å². The highest BCUT2D eigenvalue weighted by molar-refractivity contribution is 7.14. The molecular formula is C23H21N3O2S. The van der Waals surface area contributed by atoms with Crippen LogP contribution in [-0.4, -0.2) is 18.1 Å². The van der Waals surface area contributed by atoms with Crippen molar-refractivity contribution in [1.82, 2.24) is 10.3 Å². The van der Waals surface area contributed by atoms with Gasteiger partial charge in [0.2, 0.25) is 0 Å². The molecule has 0 radical (unpaired) electrons. The molecule has 4 rings (SSSR count). The Morgan fingerprint density at radius 2 is 1.93 bits per heavy atom. The van der Waals surface area contributed by atoms with Crippen molar-refractivity contribution in [3.8, 4) is 17.0 Å². The molecule has 146 valence electrons. The highest BCUT2D eigenvalue weighted by atomic mass is 32.1. The van der Waals surface area contributed by atoms with Gasteiger partial charge in [-0.25, -0.2) is 9.78 Å². The quantitative estimate of drug-likeness (QED) is 0.456. The highest BCUT2D eigenvalue weighted by Crippen LogP contribution is 2.28. The highest BCUT2D eigenvalue weighted by Gasteiger charge is 2.10. The summed E-state index contributed by atoms with van der Waals surface area (Å²) in [6.45, 7) is 2.44. The van der Waals surface area contributed by atoms with E-state index in [1.165, 1.54) is 11.3 Å². The molecule has 0 saturated heterocycles. The number of carbonyl (C=O) groups excluding carboxylic acids is 1. The maximum atomic E-state index is 12.3. The minimum atomic E-state index is -0.273. The van der Waals surface area contributed by atoms with Crippen molar-refractivity contribution in [2.45, 2.75) is 13.5 Å². The fourth-order valence-corrected chi connectivity index (χ4v) is 3.98. The van der Waals surface area contributed by atoms with Crippen LogP contribution in [0.2, 0.25) is 0 Å². The van der Waals surface area contributed by atoms with Crippen molar-refractivity contribution in [1.29, 1.82) is 0 Å². The molecule has 1 heterocycles. The number of aromatic nitrogens is 1. The second kappa shape index (κ2) is 8.32. The summed E-state index contributed by atoms with van der Waals surface area (Å²) in [5.74, 6) is 0.843. The summed E-state index contributed by atoms with van der Waals surface area (Å²) < 4.78 is 5.30. The zero-order chi connectivity index (χ0) is 20.2. The van der Waals surface area contributed by atoms with E-state index in [0.717, 1.165) is 38.9 Å². The van der Waals surface area contributed by atoms with Gasteiger partial charge in [-0.15, -0.1) is 11.3 Å². The van der Waals surface area contributed by atoms with Crippen molar-refractivity contribution < 1.29 is 9.53 Å². The number of benzene rings is 3. The van der Waals surface area contributed by atoms with E-state index in [1.807, 2.05) is 54.8 Å². The molecule has 0 fully saturated rings. The summed E-state index contributed by atoms with van der Waals surface area (Å²) in [7, 11) is 1.66. The number of amides is 2. The van der Waals surface area contributed by atoms with E-state index in [9.17, 15) is 4.79 Å². The number of thiazole rings is 1. The maximum absolute atomic E-state index is 12.3. The van der Waals surface area contributed by atoms with E-state index in [4.69, 9.17) is 4.74 Å². The molecule has 4 aromatic rings. The molecule has 2 amide bonds. The molecular weight excluding hydrogens is 382 g/mol. The zero-order valence-corrected chi connectivity index (χ0v) is 17.0. The van der Waals surface area contributed by atoms with Crippen LogP contribution in [0.15, 0.2) is 66.0 Å². The molecule has 0 atom stereocenters. The predicted octanol–water partition coefficient (Wildman–Crippen LogP) is 5.60. The van der Waals surface area contributed by atoms with E-state index in [2.05, 4.69) is 33.8 Å². The number of aryl methyl sites for hydroxylation is 1. The molecule has 0 bridgehead atoms. The van der Waals surface area contributed by atoms with Crippen LogP contribution in [0.1, 0.15) is 11.1 Å². The molecule has 0 aliphatic heterocycles. The van der Waals surface area contributed by atoms with Gasteiger partial charge in [0.1, 0.15) is 5.75 Å². The molecule has 1 aromatic heterocycles. The van der Waals surface area contributed by atoms with Crippen molar-refractivity contribution in [2.75, 3.05) is 12.4 Å². The largest absolute Gasteiger partial charge is 0.496 e. The molecule has 0 unspecified atom stereocenters. The van der Waals surface area contributed by atoms with E-state index < -0.39 is 0 Å². The van der Waals surface area contributed by atoms with Gasteiger partial charge in [0.25, 0.3) is 0 Å². The Labute approximate surface area is 173 Å². The van der Waals surface area contributed by atoms with Crippen LogP contribution in [0, 0.1) is 6.92 Å². The number of ether oxygens (including phenoxy) is 1. The van der Waals surface area contributed by atoms with E-state index in [1.54, 1.807) is 7.11 Å². The van der Waals surface area contributed by atoms with Crippen molar-refractivity contribution in [3.63, 3.8) is 0 Å². The third kappa shape index (κ3) is 4.22. The maximum Gasteiger partial charge on any atom is 0.321 e. The smallest absolute Gasteiger partial charge is 0.321 e. The average Bonchev–Trinajstić information content (AvgIpc) is 3.20. The molecule has 0 spiro atoms. The predicted molar refractivity (Wildman–Crippen MR) is 119 cm³/mol. The third-order valence-corrected chi connectivity index (χ3v) is 5.49. The minimum Gasteiger partial charge on any atom is -0.496 e. The van der Waals surface area contributed by atoms with Gasteiger partial charge in [-0.05, 0) is 47.0 Å². The van der Waals surface area contributed by atoms with E-state index in [0.29, 0.717) is 11.7 Å². The van der Waals surface area contributed by atoms with Crippen LogP contribution in [-0.2, 0) is 6.54 Å². The van der Waals surface area contributed by atoms with Gasteiger partial charge in [-0.1, -0.05) is 42.5 Å². The molecule has 0 saturated carbocycles. The second-order valence-electron chi connectivity index (χ2n) is 6.67. The van der Waals surface area contributed by atoms with Crippen LogP contribution in [0.4, 0.5) is 9.93 Å². The summed E-state index contributed by atoms with van der Waals surface area (Å²) >= 11 is 1.40. The molecule has 29 heavy (non-hydrogen) atoms. The first kappa shape index (κ1) is 19.0. The van der Waals surface area contributed by atoms with Gasteiger partial charge in [-0.3, -0.25) is 5.32 Å². The summed E-state index contributed by atoms with van der Waals surface area (Å²) in [6, 6.07) is 19.9. The Morgan fingerprint density at radius 1 is 1.10 bits per heavy atom. The summed E-state index contributed by atoms with van der Waals surface area (Å²) in [5, 5.41) is 10.5. The number of urea groups is 1. The van der Waals surface area contributed by atoms with Crippen molar-refractivity contribution in [3.05, 3.63) is 77.2 Å². The Balaban J connectivity index is 1.41. The topological polar surface area (TPSA) is 63.2 Å². The minimum absolute atomic E-state index is 0.273. The lowest BCUT2D eigenvalue weighted by molar-refractivity contribution is 0.252. The number of fused-ring (bicyclic) bond motifs is 1. The fraction of sp³-hybridized carbons (Fsp3) is 0.130. The van der Waals surface area contributed by atoms with Gasteiger partial charge in [0.15, 0.2) is 5.13 Å². The number of carbonyl (C=O) groups is 1. The van der Waals surface area contributed by atoms with Gasteiger partial charge >= 0.3 is 6.03 Å². The third-order valence-electron chi connectivity index (χ3n) is 4.73. The number of methoxy groups -OCH3 is 1. The normalized spacial score (nSPS) is 10.7. The summed E-state index contributed by atoms with van der Waals surface area (Å²) in [6.07, 6.45) is 0. The van der Waals surface area contributed by atoms with Crippen LogP contribution in [0.5, 0.6) is 5.75 Å². The summed E-state index contributed by atoms with van der Waals surface area (Å²) in [5.41, 5.74) is 3.93. The first-order valence-corrected chi connectivity index (χ1v) is 10.1. The van der Waals surface area contributed by atoms with Crippen molar-refractivity contribution in [2.24, 2.45) is 0 Å². The molecule has 0 aliphatic carbocycles. The first-order chi connectivity index (χ1) is 14.1. The lowest BCUT2D eigenvalue weighted by atomic mass is 10.0. The standard InChI is InChI=1S/C23H21N3O2S/c1-15-12-17(10-11-21(15)28-2)20-14-29-23(25-20)26-22(27)24-13-18-8-5-7-16-6-3-4-9-19(16)18/h3-12,14H,13H2,1-2H3,(H2,24,25,26,27). The molecule has 3 aromatic carbocycles. The fourth-order valence-electron chi connectivity index (χ4n) is 3.26. The number of rotatable bonds is 5. The zero-order valence-electron chi connectivity index (χ0n) is 16.2. The van der Waals surface area contributed by atoms with E-state index >= 15 is 0 Å². The number of anilines is 1. The van der Waals surface area contributed by atoms with Gasteiger partial charge < -0.3 is 10.1 Å². The van der Waals surface area contributed by atoms with Crippen LogP contribution < -0.4 is 15.4 Å². The Kier molecular flexibility index (Phi) is 5.44. The van der Waals surface area contributed by atoms with Gasteiger partial charge in [0, 0.05) is 17.5 Å². The average molecular weight is 404 g/mol. The lowest BCUT2D eigenvalue weighted by Gasteiger charge is -2.08. The molecule has 0 aliphatic rings. The SMILES string of the molecule is COc1ccc(-c2csc(NC(=O)NCc3cccc4ccccc34)n2)cc1C. The second-order valence-corrected chi connectivity index (χ2v) is 7.53. The Morgan fingerprint density at radius 3 is 2.76 bits per heavy atom. The van der Waals surface area contributed by atoms with E-state index in [-0.39, 0.29) is 6.03 Å². The Bertz CT molecular complexity index is 1160. The summed E-state index contributed by atoms with van der Waals surface area (Å²) in [4.78, 5) is 16.9.